The molecular weight excluding hydrogens is 302 g/mol. The number of anilines is 1. The van der Waals surface area contributed by atoms with Gasteiger partial charge in [-0.25, -0.2) is 4.79 Å². The van der Waals surface area contributed by atoms with E-state index in [9.17, 15) is 9.59 Å². The molecule has 1 aliphatic rings. The molecule has 0 unspecified atom stereocenters. The molecule has 5 heteroatoms. The molecule has 1 aliphatic heterocycles. The number of halogens is 1. The first-order valence-corrected chi connectivity index (χ1v) is 7.34. The van der Waals surface area contributed by atoms with Crippen LogP contribution in [-0.2, 0) is 11.3 Å². The maximum absolute atomic E-state index is 12.3. The molecule has 0 spiro atoms. The Morgan fingerprint density at radius 1 is 1.18 bits per heavy atom. The summed E-state index contributed by atoms with van der Waals surface area (Å²) in [6.07, 6.45) is -0.186. The van der Waals surface area contributed by atoms with Crippen LogP contribution in [0.3, 0.4) is 0 Å². The predicted octanol–water partition coefficient (Wildman–Crippen LogP) is 4.07. The number of benzene rings is 2. The van der Waals surface area contributed by atoms with Crippen LogP contribution in [0.15, 0.2) is 48.5 Å². The summed E-state index contributed by atoms with van der Waals surface area (Å²) in [5.74, 6) is 0.0128. The van der Waals surface area contributed by atoms with Gasteiger partial charge in [-0.3, -0.25) is 9.69 Å². The minimum absolute atomic E-state index is 0.0128. The Balaban J connectivity index is 1.78. The summed E-state index contributed by atoms with van der Waals surface area (Å²) in [6, 6.07) is 14.4. The highest BCUT2D eigenvalue weighted by Crippen LogP contribution is 2.30. The Hall–Kier alpha value is -2.33. The van der Waals surface area contributed by atoms with Gasteiger partial charge in [0.25, 0.3) is 0 Å². The molecule has 0 aliphatic carbocycles. The molecule has 0 aromatic heterocycles. The van der Waals surface area contributed by atoms with Crippen molar-refractivity contribution in [3.8, 4) is 0 Å². The van der Waals surface area contributed by atoms with E-state index in [0.29, 0.717) is 22.8 Å². The van der Waals surface area contributed by atoms with Gasteiger partial charge in [0, 0.05) is 23.6 Å². The average Bonchev–Trinajstić information content (AvgIpc) is 2.54. The Kier molecular flexibility index (Phi) is 4.11. The maximum atomic E-state index is 12.3. The summed E-state index contributed by atoms with van der Waals surface area (Å²) in [6.45, 7) is 0.500. The summed E-state index contributed by atoms with van der Waals surface area (Å²) in [4.78, 5) is 25.7. The smallest absolute Gasteiger partial charge is 0.414 e. The van der Waals surface area contributed by atoms with E-state index < -0.39 is 6.09 Å². The van der Waals surface area contributed by atoms with Crippen molar-refractivity contribution < 1.29 is 14.3 Å². The second kappa shape index (κ2) is 6.20. The number of carbonyl (C=O) groups is 2. The normalized spacial score (nSPS) is 13.7. The van der Waals surface area contributed by atoms with Gasteiger partial charge in [0.15, 0.2) is 5.78 Å². The van der Waals surface area contributed by atoms with Crippen molar-refractivity contribution in [1.29, 1.82) is 0 Å². The number of carbonyl (C=O) groups excluding carboxylic acids is 2. The number of amides is 1. The third kappa shape index (κ3) is 2.97. The molecule has 2 aromatic carbocycles. The molecule has 0 saturated heterocycles. The van der Waals surface area contributed by atoms with Crippen LogP contribution in [0.2, 0.25) is 5.02 Å². The zero-order valence-corrected chi connectivity index (χ0v) is 12.5. The van der Waals surface area contributed by atoms with Crippen molar-refractivity contribution in [1.82, 2.24) is 0 Å². The molecule has 0 N–H and O–H groups in total. The lowest BCUT2D eigenvalue weighted by Crippen LogP contribution is -2.37. The molecule has 22 heavy (non-hydrogen) atoms. The van der Waals surface area contributed by atoms with Crippen molar-refractivity contribution in [2.24, 2.45) is 0 Å². The van der Waals surface area contributed by atoms with Crippen LogP contribution < -0.4 is 4.90 Å². The number of hydrogen-bond acceptors (Lipinski definition) is 3. The van der Waals surface area contributed by atoms with Crippen molar-refractivity contribution in [3.05, 3.63) is 64.7 Å². The van der Waals surface area contributed by atoms with E-state index in [1.807, 2.05) is 30.3 Å². The molecule has 4 nitrogen and oxygen atoms in total. The maximum Gasteiger partial charge on any atom is 0.414 e. The number of ether oxygens (including phenoxy) is 1. The van der Waals surface area contributed by atoms with E-state index in [1.54, 1.807) is 18.2 Å². The molecule has 0 atom stereocenters. The van der Waals surface area contributed by atoms with Crippen molar-refractivity contribution in [2.45, 2.75) is 13.0 Å². The Bertz CT molecular complexity index is 715. The van der Waals surface area contributed by atoms with Crippen LogP contribution in [0, 0.1) is 0 Å². The summed E-state index contributed by atoms with van der Waals surface area (Å²) in [5, 5.41) is 0.481. The van der Waals surface area contributed by atoms with Crippen molar-refractivity contribution >= 4 is 29.2 Å². The molecule has 0 saturated carbocycles. The molecule has 112 valence electrons. The number of fused-ring (bicyclic) bond motifs is 1. The third-order valence-electron chi connectivity index (χ3n) is 3.54. The predicted molar refractivity (Wildman–Crippen MR) is 84.4 cm³/mol. The zero-order chi connectivity index (χ0) is 15.5. The van der Waals surface area contributed by atoms with E-state index >= 15 is 0 Å². The van der Waals surface area contributed by atoms with Gasteiger partial charge in [-0.2, -0.15) is 0 Å². The van der Waals surface area contributed by atoms with Crippen LogP contribution in [0.5, 0.6) is 0 Å². The van der Waals surface area contributed by atoms with Crippen LogP contribution in [0.1, 0.15) is 22.3 Å². The SMILES string of the molecule is O=C1CCN(C(=O)OCc2ccccc2)c2cc(Cl)ccc21. The van der Waals surface area contributed by atoms with Crippen LogP contribution in [0.25, 0.3) is 0 Å². The van der Waals surface area contributed by atoms with Gasteiger partial charge in [-0.15, -0.1) is 0 Å². The fourth-order valence-electron chi connectivity index (χ4n) is 2.42. The topological polar surface area (TPSA) is 46.6 Å². The second-order valence-corrected chi connectivity index (χ2v) is 5.46. The Labute approximate surface area is 133 Å². The Morgan fingerprint density at radius 3 is 2.73 bits per heavy atom. The summed E-state index contributed by atoms with van der Waals surface area (Å²) >= 11 is 5.98. The fourth-order valence-corrected chi connectivity index (χ4v) is 2.59. The number of ketones is 1. The van der Waals surface area contributed by atoms with E-state index in [1.165, 1.54) is 4.90 Å². The quantitative estimate of drug-likeness (QED) is 0.839. The summed E-state index contributed by atoms with van der Waals surface area (Å²) in [5.41, 5.74) is 1.93. The van der Waals surface area contributed by atoms with Crippen LogP contribution in [0.4, 0.5) is 10.5 Å². The molecular formula is C17H14ClNO3. The molecule has 3 rings (SSSR count). The van der Waals surface area contributed by atoms with E-state index in [0.717, 1.165) is 5.56 Å². The van der Waals surface area contributed by atoms with Crippen LogP contribution >= 0.6 is 11.6 Å². The highest BCUT2D eigenvalue weighted by molar-refractivity contribution is 6.31. The number of rotatable bonds is 2. The number of Topliss-reactive ketones (excluding diaryl/α,β-unsaturated/α-hetero) is 1. The molecule has 0 bridgehead atoms. The zero-order valence-electron chi connectivity index (χ0n) is 11.8. The second-order valence-electron chi connectivity index (χ2n) is 5.03. The lowest BCUT2D eigenvalue weighted by atomic mass is 10.0. The van der Waals surface area contributed by atoms with Gasteiger partial charge in [0.1, 0.15) is 6.61 Å². The lowest BCUT2D eigenvalue weighted by molar-refractivity contribution is 0.0977. The monoisotopic (exact) mass is 315 g/mol. The standard InChI is InChI=1S/C17H14ClNO3/c18-13-6-7-14-15(10-13)19(9-8-16(14)20)17(21)22-11-12-4-2-1-3-5-12/h1-7,10H,8-9,11H2. The first-order chi connectivity index (χ1) is 10.6. The molecule has 2 aromatic rings. The van der Waals surface area contributed by atoms with E-state index in [4.69, 9.17) is 16.3 Å². The molecule has 1 heterocycles. The van der Waals surface area contributed by atoms with Crippen LogP contribution in [-0.4, -0.2) is 18.4 Å². The van der Waals surface area contributed by atoms with Gasteiger partial charge >= 0.3 is 6.09 Å². The molecule has 0 radical (unpaired) electrons. The number of hydrogen-bond donors (Lipinski definition) is 0. The highest BCUT2D eigenvalue weighted by atomic mass is 35.5. The molecule has 0 fully saturated rings. The van der Waals surface area contributed by atoms with Gasteiger partial charge < -0.3 is 4.74 Å². The van der Waals surface area contributed by atoms with Crippen molar-refractivity contribution in [2.75, 3.05) is 11.4 Å². The summed E-state index contributed by atoms with van der Waals surface area (Å²) < 4.78 is 5.33. The van der Waals surface area contributed by atoms with Crippen molar-refractivity contribution in [3.63, 3.8) is 0 Å². The first kappa shape index (κ1) is 14.6. The average molecular weight is 316 g/mol. The Morgan fingerprint density at radius 2 is 1.95 bits per heavy atom. The van der Waals surface area contributed by atoms with E-state index in [-0.39, 0.29) is 18.8 Å². The van der Waals surface area contributed by atoms with Gasteiger partial charge in [0.2, 0.25) is 0 Å². The fraction of sp³-hybridized carbons (Fsp3) is 0.176. The minimum atomic E-state index is -0.472. The van der Waals surface area contributed by atoms with Gasteiger partial charge in [-0.1, -0.05) is 41.9 Å². The number of nitrogens with zero attached hydrogens (tertiary/aromatic N) is 1. The first-order valence-electron chi connectivity index (χ1n) is 6.96. The van der Waals surface area contributed by atoms with E-state index in [2.05, 4.69) is 0 Å². The highest BCUT2D eigenvalue weighted by Gasteiger charge is 2.28. The van der Waals surface area contributed by atoms with Gasteiger partial charge in [-0.05, 0) is 23.8 Å². The summed E-state index contributed by atoms with van der Waals surface area (Å²) in [7, 11) is 0. The third-order valence-corrected chi connectivity index (χ3v) is 3.77. The largest absolute Gasteiger partial charge is 0.444 e. The molecule has 1 amide bonds. The minimum Gasteiger partial charge on any atom is -0.444 e. The van der Waals surface area contributed by atoms with Gasteiger partial charge in [0.05, 0.1) is 5.69 Å². The lowest BCUT2D eigenvalue weighted by Gasteiger charge is -2.28.